The molecule has 0 fully saturated rings. The van der Waals surface area contributed by atoms with Crippen molar-refractivity contribution in [3.05, 3.63) is 294 Å². The van der Waals surface area contributed by atoms with Gasteiger partial charge in [-0.15, -0.1) is 0 Å². The summed E-state index contributed by atoms with van der Waals surface area (Å²) in [6.07, 6.45) is 17.7. The number of esters is 1. The first-order chi connectivity index (χ1) is 45.7. The summed E-state index contributed by atoms with van der Waals surface area (Å²) in [6.45, 7) is 3.43. The standard InChI is InChI=1S/C31H38O4.C27H30O4.C24H26O2P.BrH/c1-33-29-20-16-27(17-21-29)31(26-14-10-9-11-15-26,28-18-22-30(34-2)23-19-28)35-25-13-8-6-4-3-5-7-12-24-32;1-29-25-16-12-23(13-17-25)27(22-10-6-5-7-11-22,31-21-9-4-3-8-20-28)24-14-18-26(30-2)19-15-24;1-21(25)26-19-11-12-20-27(22-13-5-2-6-14-22,23-15-7-3-8-16-23)24-17-9-4-10-18-24;/h3,5,9-11,14-23,32H,4,6-8,12-13,24-25H2,1-2H3;5-7,10-20H,3-4,8-9,21H2,1-2H3;2-10,13-18H,11-12,19-20H2,1H3;1H/q;;+1;/p-1/b5-3+;;;. The molecule has 0 aliphatic carbocycles. The van der Waals surface area contributed by atoms with Crippen molar-refractivity contribution >= 4 is 35.4 Å². The molecule has 0 unspecified atom stereocenters. The third-order valence-corrected chi connectivity index (χ3v) is 21.0. The predicted octanol–water partition coefficient (Wildman–Crippen LogP) is 14.0. The number of halogens is 1. The summed E-state index contributed by atoms with van der Waals surface area (Å²) in [6, 6.07) is 85.7. The number of aliphatic hydroxyl groups is 1. The highest BCUT2D eigenvalue weighted by Gasteiger charge is 2.45. The number of unbranched alkanes of at least 4 members (excludes halogenated alkanes) is 8. The maximum atomic E-state index is 11.1. The lowest BCUT2D eigenvalue weighted by atomic mass is 9.80. The first kappa shape index (κ1) is 74.9. The number of hydrogen-bond donors (Lipinski definition) is 1. The molecule has 494 valence electrons. The van der Waals surface area contributed by atoms with Crippen molar-refractivity contribution in [2.75, 3.05) is 61.0 Å². The van der Waals surface area contributed by atoms with Gasteiger partial charge in [0.05, 0.1) is 41.2 Å². The fraction of sp³-hybridized carbons (Fsp3) is 0.293. The van der Waals surface area contributed by atoms with Gasteiger partial charge in [-0.1, -0.05) is 189 Å². The molecule has 9 rings (SSSR count). The largest absolute Gasteiger partial charge is 1.00 e. The van der Waals surface area contributed by atoms with Crippen LogP contribution in [-0.2, 0) is 35.0 Å². The Bertz CT molecular complexity index is 3310. The Kier molecular flexibility index (Phi) is 33.1. The van der Waals surface area contributed by atoms with E-state index in [1.807, 2.05) is 72.8 Å². The molecule has 0 aromatic heterocycles. The van der Waals surface area contributed by atoms with E-state index in [0.717, 1.165) is 139 Å². The summed E-state index contributed by atoms with van der Waals surface area (Å²) in [7, 11) is 4.94. The molecule has 0 aliphatic rings. The number of aldehydes is 1. The minimum absolute atomic E-state index is 0. The van der Waals surface area contributed by atoms with E-state index in [0.29, 0.717) is 26.2 Å². The Morgan fingerprint density at radius 3 is 0.979 bits per heavy atom. The second-order valence-corrected chi connectivity index (χ2v) is 26.1. The van der Waals surface area contributed by atoms with Gasteiger partial charge in [-0.05, 0) is 176 Å². The highest BCUT2D eigenvalue weighted by atomic mass is 79.9. The van der Waals surface area contributed by atoms with Crippen LogP contribution in [0, 0.1) is 0 Å². The number of aliphatic hydroxyl groups excluding tert-OH is 1. The summed E-state index contributed by atoms with van der Waals surface area (Å²) >= 11 is 0. The van der Waals surface area contributed by atoms with E-state index in [1.165, 1.54) is 22.8 Å². The number of rotatable bonds is 35. The maximum absolute atomic E-state index is 11.1. The zero-order valence-electron chi connectivity index (χ0n) is 55.4. The second-order valence-electron chi connectivity index (χ2n) is 22.5. The van der Waals surface area contributed by atoms with Crippen molar-refractivity contribution in [2.24, 2.45) is 0 Å². The quantitative estimate of drug-likeness (QED) is 0.0103. The Hall–Kier alpha value is -8.15. The second kappa shape index (κ2) is 41.5. The lowest BCUT2D eigenvalue weighted by Gasteiger charge is -2.36. The van der Waals surface area contributed by atoms with E-state index in [-0.39, 0.29) is 29.6 Å². The number of carbonyl (C=O) groups is 2. The molecule has 12 heteroatoms. The first-order valence-corrected chi connectivity index (χ1v) is 34.5. The maximum Gasteiger partial charge on any atom is 0.302 e. The van der Waals surface area contributed by atoms with Gasteiger partial charge in [0.25, 0.3) is 0 Å². The van der Waals surface area contributed by atoms with Gasteiger partial charge in [0.1, 0.15) is 63.7 Å². The molecule has 94 heavy (non-hydrogen) atoms. The van der Waals surface area contributed by atoms with Gasteiger partial charge >= 0.3 is 5.97 Å². The Morgan fingerprint density at radius 2 is 0.670 bits per heavy atom. The zero-order chi connectivity index (χ0) is 65.7. The summed E-state index contributed by atoms with van der Waals surface area (Å²) in [4.78, 5) is 21.7. The van der Waals surface area contributed by atoms with Gasteiger partial charge in [0.15, 0.2) is 0 Å². The van der Waals surface area contributed by atoms with Crippen LogP contribution in [0.3, 0.4) is 0 Å². The molecule has 10 nitrogen and oxygen atoms in total. The van der Waals surface area contributed by atoms with E-state index < -0.39 is 18.5 Å². The van der Waals surface area contributed by atoms with Gasteiger partial charge in [-0.3, -0.25) is 4.79 Å². The van der Waals surface area contributed by atoms with Gasteiger partial charge < -0.3 is 60.0 Å². The van der Waals surface area contributed by atoms with E-state index in [2.05, 4.69) is 188 Å². The van der Waals surface area contributed by atoms with Gasteiger partial charge in [-0.2, -0.15) is 0 Å². The molecule has 0 saturated heterocycles. The molecule has 0 spiro atoms. The molecule has 0 aliphatic heterocycles. The normalized spacial score (nSPS) is 11.2. The third kappa shape index (κ3) is 21.2. The monoisotopic (exact) mass is 1350 g/mol. The fourth-order valence-corrected chi connectivity index (χ4v) is 16.1. The van der Waals surface area contributed by atoms with Crippen molar-refractivity contribution in [2.45, 2.75) is 95.2 Å². The number of ether oxygens (including phenoxy) is 7. The van der Waals surface area contributed by atoms with Crippen molar-refractivity contribution in [1.29, 1.82) is 0 Å². The van der Waals surface area contributed by atoms with Crippen LogP contribution in [0.1, 0.15) is 117 Å². The number of allylic oxidation sites excluding steroid dienone is 2. The van der Waals surface area contributed by atoms with E-state index in [1.54, 1.807) is 28.4 Å². The smallest absolute Gasteiger partial charge is 0.302 e. The predicted molar refractivity (Wildman–Crippen MR) is 381 cm³/mol. The molecule has 9 aromatic carbocycles. The SMILES string of the molecule is CC(=O)OCCCC[P+](c1ccccc1)(c1ccccc1)c1ccccc1.COc1ccc(C(OCCCCC/C=C/CCCO)(c2ccccc2)c2ccc(OC)cc2)cc1.COc1ccc(C(OCCCCCC=O)(c2ccccc2)c2ccc(OC)cc2)cc1.[Br-]. The van der Waals surface area contributed by atoms with Crippen LogP contribution in [0.4, 0.5) is 0 Å². The molecule has 0 bridgehead atoms. The molecule has 0 radical (unpaired) electrons. The lowest BCUT2D eigenvalue weighted by molar-refractivity contribution is -0.141. The Balaban J connectivity index is 0.000000224. The summed E-state index contributed by atoms with van der Waals surface area (Å²) in [5, 5.41) is 13.1. The van der Waals surface area contributed by atoms with Gasteiger partial charge in [0.2, 0.25) is 0 Å². The average Bonchev–Trinajstić information content (AvgIpc) is 0.778. The first-order valence-electron chi connectivity index (χ1n) is 32.6. The van der Waals surface area contributed by atoms with Crippen LogP contribution >= 0.6 is 7.26 Å². The zero-order valence-corrected chi connectivity index (χ0v) is 57.9. The van der Waals surface area contributed by atoms with Crippen LogP contribution in [0.25, 0.3) is 0 Å². The summed E-state index contributed by atoms with van der Waals surface area (Å²) in [5.41, 5.74) is 4.78. The Morgan fingerprint density at radius 1 is 0.372 bits per heavy atom. The van der Waals surface area contributed by atoms with Crippen LogP contribution in [0.5, 0.6) is 23.0 Å². The van der Waals surface area contributed by atoms with E-state index in [9.17, 15) is 9.59 Å². The minimum atomic E-state index is -1.76. The van der Waals surface area contributed by atoms with Gasteiger partial charge in [0, 0.05) is 33.2 Å². The number of hydrogen-bond acceptors (Lipinski definition) is 10. The molecule has 0 heterocycles. The van der Waals surface area contributed by atoms with Crippen molar-refractivity contribution in [3.63, 3.8) is 0 Å². The van der Waals surface area contributed by atoms with Crippen LogP contribution in [0.2, 0.25) is 0 Å². The van der Waals surface area contributed by atoms with Crippen molar-refractivity contribution in [1.82, 2.24) is 0 Å². The lowest BCUT2D eigenvalue weighted by Crippen LogP contribution is -3.00. The molecule has 1 N–H and O–H groups in total. The van der Waals surface area contributed by atoms with Crippen LogP contribution in [-0.4, -0.2) is 78.4 Å². The Labute approximate surface area is 570 Å². The van der Waals surface area contributed by atoms with Crippen LogP contribution in [0.15, 0.2) is 261 Å². The van der Waals surface area contributed by atoms with Gasteiger partial charge in [-0.25, -0.2) is 0 Å². The van der Waals surface area contributed by atoms with Crippen LogP contribution < -0.4 is 51.8 Å². The molecular formula is C82H94BrO10P. The summed E-state index contributed by atoms with van der Waals surface area (Å²) < 4.78 is 40.3. The topological polar surface area (TPSA) is 119 Å². The molecular weight excluding hydrogens is 1260 g/mol. The van der Waals surface area contributed by atoms with E-state index in [4.69, 9.17) is 38.3 Å². The summed E-state index contributed by atoms with van der Waals surface area (Å²) in [5.74, 6) is 3.03. The highest BCUT2D eigenvalue weighted by Crippen LogP contribution is 2.56. The molecule has 9 aromatic rings. The van der Waals surface area contributed by atoms with E-state index >= 15 is 0 Å². The fourth-order valence-electron chi connectivity index (χ4n) is 11.6. The van der Waals surface area contributed by atoms with Crippen molar-refractivity contribution < 1.29 is 64.8 Å². The number of benzene rings is 9. The molecule has 0 saturated carbocycles. The third-order valence-electron chi connectivity index (χ3n) is 16.4. The highest BCUT2D eigenvalue weighted by molar-refractivity contribution is 7.95. The molecule has 0 amide bonds. The van der Waals surface area contributed by atoms with Crippen molar-refractivity contribution in [3.8, 4) is 23.0 Å². The number of methoxy groups -OCH3 is 4. The minimum Gasteiger partial charge on any atom is -1.00 e. The number of carbonyl (C=O) groups excluding carboxylic acids is 2. The molecule has 0 atom stereocenters. The average molecular weight is 1350 g/mol.